The van der Waals surface area contributed by atoms with Crippen LogP contribution in [0.3, 0.4) is 0 Å². The minimum Gasteiger partial charge on any atom is -0.465 e. The van der Waals surface area contributed by atoms with E-state index in [1.165, 1.54) is 24.2 Å². The van der Waals surface area contributed by atoms with Crippen molar-refractivity contribution in [3.8, 4) is 0 Å². The van der Waals surface area contributed by atoms with Crippen molar-refractivity contribution in [3.63, 3.8) is 0 Å². The van der Waals surface area contributed by atoms with Gasteiger partial charge in [0.25, 0.3) is 0 Å². The quantitative estimate of drug-likeness (QED) is 0.721. The normalized spacial score (nSPS) is 15.3. The maximum absolute atomic E-state index is 12.8. The molecular weight excluding hydrogens is 304 g/mol. The number of para-hydroxylation sites is 1. The third-order valence-corrected chi connectivity index (χ3v) is 4.54. The van der Waals surface area contributed by atoms with Gasteiger partial charge in [0, 0.05) is 11.7 Å². The molecule has 0 spiro atoms. The first-order chi connectivity index (χ1) is 11.6. The Balaban J connectivity index is 2.04. The van der Waals surface area contributed by atoms with Crippen LogP contribution in [0.15, 0.2) is 30.3 Å². The van der Waals surface area contributed by atoms with Gasteiger partial charge in [-0.25, -0.2) is 0 Å². The summed E-state index contributed by atoms with van der Waals surface area (Å²) in [4.78, 5) is 28.4. The van der Waals surface area contributed by atoms with Gasteiger partial charge in [-0.3, -0.25) is 14.5 Å². The first-order valence-corrected chi connectivity index (χ1v) is 8.83. The van der Waals surface area contributed by atoms with Crippen LogP contribution in [0.4, 0.5) is 5.69 Å². The number of rotatable bonds is 7. The molecule has 0 radical (unpaired) electrons. The minimum atomic E-state index is -0.380. The van der Waals surface area contributed by atoms with Crippen molar-refractivity contribution in [1.82, 2.24) is 4.90 Å². The summed E-state index contributed by atoms with van der Waals surface area (Å²) in [6, 6.07) is 9.78. The summed E-state index contributed by atoms with van der Waals surface area (Å²) in [6.07, 6.45) is 6.04. The second kappa shape index (κ2) is 9.42. The number of esters is 1. The Morgan fingerprint density at radius 2 is 1.75 bits per heavy atom. The predicted octanol–water partition coefficient (Wildman–Crippen LogP) is 2.85. The summed E-state index contributed by atoms with van der Waals surface area (Å²) in [5.41, 5.74) is 0.729. The fraction of sp³-hybridized carbons (Fsp3) is 0.579. The number of hydrogen-bond acceptors (Lipinski definition) is 4. The third-order valence-electron chi connectivity index (χ3n) is 4.54. The van der Waals surface area contributed by atoms with E-state index in [1.807, 2.05) is 37.4 Å². The highest BCUT2D eigenvalue weighted by molar-refractivity contribution is 5.98. The van der Waals surface area contributed by atoms with Gasteiger partial charge in [-0.2, -0.15) is 0 Å². The Morgan fingerprint density at radius 3 is 2.38 bits per heavy atom. The summed E-state index contributed by atoms with van der Waals surface area (Å²) in [6.45, 7) is 2.36. The maximum Gasteiger partial charge on any atom is 0.326 e. The zero-order valence-corrected chi connectivity index (χ0v) is 14.7. The molecule has 132 valence electrons. The Morgan fingerprint density at radius 1 is 1.08 bits per heavy atom. The highest BCUT2D eigenvalue weighted by Gasteiger charge is 2.24. The van der Waals surface area contributed by atoms with Crippen LogP contribution in [-0.2, 0) is 14.3 Å². The molecule has 0 unspecified atom stereocenters. The number of carbonyl (C=O) groups is 2. The zero-order valence-electron chi connectivity index (χ0n) is 14.7. The first-order valence-electron chi connectivity index (χ1n) is 8.83. The summed E-state index contributed by atoms with van der Waals surface area (Å²) in [7, 11) is 2.00. The van der Waals surface area contributed by atoms with Crippen molar-refractivity contribution >= 4 is 17.6 Å². The average Bonchev–Trinajstić information content (AvgIpc) is 2.61. The molecule has 0 aliphatic heterocycles. The molecule has 0 heterocycles. The maximum atomic E-state index is 12.8. The summed E-state index contributed by atoms with van der Waals surface area (Å²) in [5, 5.41) is 0. The zero-order chi connectivity index (χ0) is 17.4. The van der Waals surface area contributed by atoms with E-state index < -0.39 is 0 Å². The number of likely N-dealkylation sites (N-methyl/N-ethyl adjacent to an activating group) is 1. The number of anilines is 1. The third kappa shape index (κ3) is 5.34. The lowest BCUT2D eigenvalue weighted by molar-refractivity contribution is -0.142. The van der Waals surface area contributed by atoms with Gasteiger partial charge < -0.3 is 9.64 Å². The molecular formula is C19H28N2O3. The first kappa shape index (κ1) is 18.5. The van der Waals surface area contributed by atoms with Crippen LogP contribution in [-0.4, -0.2) is 49.6 Å². The van der Waals surface area contributed by atoms with E-state index in [0.717, 1.165) is 18.5 Å². The Hall–Kier alpha value is -1.88. The molecule has 2 rings (SSSR count). The Labute approximate surface area is 144 Å². The van der Waals surface area contributed by atoms with Crippen LogP contribution in [0.5, 0.6) is 0 Å². The largest absolute Gasteiger partial charge is 0.465 e. The van der Waals surface area contributed by atoms with E-state index in [4.69, 9.17) is 4.74 Å². The molecule has 1 saturated carbocycles. The van der Waals surface area contributed by atoms with Gasteiger partial charge in [-0.1, -0.05) is 37.5 Å². The number of carbonyl (C=O) groups excluding carboxylic acids is 2. The van der Waals surface area contributed by atoms with Gasteiger partial charge in [0.1, 0.15) is 6.54 Å². The minimum absolute atomic E-state index is 0.0464. The molecule has 0 bridgehead atoms. The molecule has 1 aromatic carbocycles. The lowest BCUT2D eigenvalue weighted by atomic mass is 9.94. The van der Waals surface area contributed by atoms with E-state index in [0.29, 0.717) is 19.2 Å². The van der Waals surface area contributed by atoms with Crippen molar-refractivity contribution in [2.45, 2.75) is 45.1 Å². The summed E-state index contributed by atoms with van der Waals surface area (Å²) in [5.74, 6) is -0.447. The van der Waals surface area contributed by atoms with E-state index in [-0.39, 0.29) is 18.4 Å². The summed E-state index contributed by atoms with van der Waals surface area (Å²) >= 11 is 0. The molecule has 1 aromatic rings. The number of ether oxygens (including phenoxy) is 1. The number of hydrogen-bond donors (Lipinski definition) is 0. The Kier molecular flexibility index (Phi) is 7.25. The van der Waals surface area contributed by atoms with Crippen molar-refractivity contribution in [2.24, 2.45) is 0 Å². The van der Waals surface area contributed by atoms with E-state index >= 15 is 0 Å². The van der Waals surface area contributed by atoms with E-state index in [9.17, 15) is 9.59 Å². The van der Waals surface area contributed by atoms with Gasteiger partial charge in [-0.15, -0.1) is 0 Å². The molecule has 1 aliphatic rings. The van der Waals surface area contributed by atoms with Crippen molar-refractivity contribution in [3.05, 3.63) is 30.3 Å². The lowest BCUT2D eigenvalue weighted by Gasteiger charge is -2.32. The van der Waals surface area contributed by atoms with Crippen molar-refractivity contribution < 1.29 is 14.3 Å². The molecule has 0 atom stereocenters. The highest BCUT2D eigenvalue weighted by atomic mass is 16.5. The molecule has 0 N–H and O–H groups in total. The molecule has 5 nitrogen and oxygen atoms in total. The number of benzene rings is 1. The van der Waals surface area contributed by atoms with Gasteiger partial charge in [-0.05, 0) is 38.9 Å². The standard InChI is InChI=1S/C19H28N2O3/c1-3-24-19(23)15-21(17-12-8-5-9-13-17)18(22)14-20(2)16-10-6-4-7-11-16/h5,8-9,12-13,16H,3-4,6-7,10-11,14-15H2,1-2H3. The van der Waals surface area contributed by atoms with E-state index in [2.05, 4.69) is 4.90 Å². The van der Waals surface area contributed by atoms with Gasteiger partial charge in [0.05, 0.1) is 13.2 Å². The fourth-order valence-corrected chi connectivity index (χ4v) is 3.22. The molecule has 1 aliphatic carbocycles. The predicted molar refractivity (Wildman–Crippen MR) is 94.9 cm³/mol. The van der Waals surface area contributed by atoms with E-state index in [1.54, 1.807) is 6.92 Å². The molecule has 24 heavy (non-hydrogen) atoms. The number of nitrogens with zero attached hydrogens (tertiary/aromatic N) is 2. The molecule has 0 saturated heterocycles. The van der Waals surface area contributed by atoms with Crippen LogP contribution in [0, 0.1) is 0 Å². The molecule has 0 aromatic heterocycles. The fourth-order valence-electron chi connectivity index (χ4n) is 3.22. The highest BCUT2D eigenvalue weighted by Crippen LogP contribution is 2.22. The number of amides is 1. The lowest BCUT2D eigenvalue weighted by Crippen LogP contribution is -2.45. The van der Waals surface area contributed by atoms with Crippen LogP contribution in [0.1, 0.15) is 39.0 Å². The monoisotopic (exact) mass is 332 g/mol. The van der Waals surface area contributed by atoms with Crippen LogP contribution < -0.4 is 4.90 Å². The molecule has 1 fully saturated rings. The average molecular weight is 332 g/mol. The van der Waals surface area contributed by atoms with Gasteiger partial charge >= 0.3 is 5.97 Å². The second-order valence-corrected chi connectivity index (χ2v) is 6.33. The van der Waals surface area contributed by atoms with Crippen LogP contribution >= 0.6 is 0 Å². The van der Waals surface area contributed by atoms with Gasteiger partial charge in [0.2, 0.25) is 5.91 Å². The second-order valence-electron chi connectivity index (χ2n) is 6.33. The SMILES string of the molecule is CCOC(=O)CN(C(=O)CN(C)C1CCCCC1)c1ccccc1. The summed E-state index contributed by atoms with van der Waals surface area (Å²) < 4.78 is 5.02. The van der Waals surface area contributed by atoms with Crippen molar-refractivity contribution in [1.29, 1.82) is 0 Å². The smallest absolute Gasteiger partial charge is 0.326 e. The molecule has 1 amide bonds. The topological polar surface area (TPSA) is 49.9 Å². The molecule has 5 heteroatoms. The van der Waals surface area contributed by atoms with Crippen LogP contribution in [0.25, 0.3) is 0 Å². The van der Waals surface area contributed by atoms with Gasteiger partial charge in [0.15, 0.2) is 0 Å². The Bertz CT molecular complexity index is 527. The van der Waals surface area contributed by atoms with Crippen molar-refractivity contribution in [2.75, 3.05) is 31.6 Å². The van der Waals surface area contributed by atoms with Crippen LogP contribution in [0.2, 0.25) is 0 Å².